The highest BCUT2D eigenvalue weighted by Gasteiger charge is 2.22. The molecule has 2 atom stereocenters. The Kier molecular flexibility index (Phi) is 9.70. The summed E-state index contributed by atoms with van der Waals surface area (Å²) < 4.78 is 19.2. The van der Waals surface area contributed by atoms with Crippen molar-refractivity contribution in [3.63, 3.8) is 0 Å². The fourth-order valence-electron chi connectivity index (χ4n) is 2.35. The zero-order chi connectivity index (χ0) is 21.1. The van der Waals surface area contributed by atoms with Gasteiger partial charge in [0, 0.05) is 0 Å². The van der Waals surface area contributed by atoms with Gasteiger partial charge in [-0.25, -0.2) is 9.18 Å². The molecule has 0 aliphatic carbocycles. The second kappa shape index (κ2) is 11.7. The molecule has 0 aromatic heterocycles. The number of hydrogen-bond acceptors (Lipinski definition) is 4. The number of halogens is 1. The molecule has 0 fully saturated rings. The van der Waals surface area contributed by atoms with Gasteiger partial charge in [-0.2, -0.15) is 0 Å². The summed E-state index contributed by atoms with van der Waals surface area (Å²) in [6.45, 7) is 4.70. The van der Waals surface area contributed by atoms with E-state index >= 15 is 0 Å². The normalized spacial score (nSPS) is 13.5. The molecule has 1 rings (SSSR count). The third-order valence-corrected chi connectivity index (χ3v) is 3.79. The smallest absolute Gasteiger partial charge is 0.407 e. The van der Waals surface area contributed by atoms with Gasteiger partial charge in [-0.3, -0.25) is 9.59 Å². The van der Waals surface area contributed by atoms with Crippen LogP contribution in [0.15, 0.2) is 42.2 Å². The van der Waals surface area contributed by atoms with Crippen LogP contribution in [0.3, 0.4) is 0 Å². The molecule has 0 saturated heterocycles. The van der Waals surface area contributed by atoms with Crippen molar-refractivity contribution in [2.45, 2.75) is 39.8 Å². The number of carboxylic acids is 1. The maximum absolute atomic E-state index is 14.2. The van der Waals surface area contributed by atoms with Gasteiger partial charge in [-0.05, 0) is 30.9 Å². The van der Waals surface area contributed by atoms with Crippen LogP contribution < -0.4 is 10.6 Å². The fourth-order valence-corrected chi connectivity index (χ4v) is 2.35. The zero-order valence-corrected chi connectivity index (χ0v) is 16.3. The molecule has 0 saturated carbocycles. The fraction of sp³-hybridized carbons (Fsp3) is 0.450. The molecule has 1 aromatic rings. The number of benzene rings is 1. The van der Waals surface area contributed by atoms with E-state index in [1.165, 1.54) is 6.92 Å². The van der Waals surface area contributed by atoms with Gasteiger partial charge in [-0.1, -0.05) is 44.2 Å². The van der Waals surface area contributed by atoms with Gasteiger partial charge in [0.25, 0.3) is 0 Å². The molecule has 7 nitrogen and oxygen atoms in total. The number of hydrogen-bond donors (Lipinski definition) is 3. The maximum atomic E-state index is 14.2. The summed E-state index contributed by atoms with van der Waals surface area (Å²) in [7, 11) is 0. The van der Waals surface area contributed by atoms with Crippen LogP contribution in [0.4, 0.5) is 9.18 Å². The highest BCUT2D eigenvalue weighted by Crippen LogP contribution is 2.16. The average Bonchev–Trinajstić information content (AvgIpc) is 2.64. The first-order valence-electron chi connectivity index (χ1n) is 9.03. The number of carbonyl (C=O) groups excluding carboxylic acids is 2. The zero-order valence-electron chi connectivity index (χ0n) is 16.3. The minimum atomic E-state index is -1.18. The van der Waals surface area contributed by atoms with Gasteiger partial charge >= 0.3 is 12.1 Å². The summed E-state index contributed by atoms with van der Waals surface area (Å²) in [4.78, 5) is 34.8. The van der Waals surface area contributed by atoms with Crippen molar-refractivity contribution in [3.05, 3.63) is 47.8 Å². The van der Waals surface area contributed by atoms with Gasteiger partial charge in [0.15, 0.2) is 0 Å². The molecule has 154 valence electrons. The minimum Gasteiger partial charge on any atom is -0.480 e. The first-order chi connectivity index (χ1) is 13.2. The Morgan fingerprint density at radius 1 is 1.18 bits per heavy atom. The van der Waals surface area contributed by atoms with Crippen LogP contribution in [-0.4, -0.2) is 35.7 Å². The van der Waals surface area contributed by atoms with Gasteiger partial charge in [0.1, 0.15) is 18.5 Å². The quantitative estimate of drug-likeness (QED) is 0.566. The van der Waals surface area contributed by atoms with E-state index in [1.807, 2.05) is 32.0 Å². The molecular formula is C20H27FN2O5. The second-order valence-corrected chi connectivity index (χ2v) is 6.83. The third kappa shape index (κ3) is 9.16. The van der Waals surface area contributed by atoms with Crippen molar-refractivity contribution in [3.8, 4) is 0 Å². The molecule has 8 heteroatoms. The summed E-state index contributed by atoms with van der Waals surface area (Å²) in [5.74, 6) is -3.22. The van der Waals surface area contributed by atoms with Crippen LogP contribution in [-0.2, 0) is 20.9 Å². The maximum Gasteiger partial charge on any atom is 0.407 e. The number of alkyl carbamates (subject to hydrolysis) is 1. The number of carbonyl (C=O) groups is 3. The average molecular weight is 394 g/mol. The molecule has 2 amide bonds. The molecule has 0 heterocycles. The number of rotatable bonds is 10. The van der Waals surface area contributed by atoms with E-state index in [0.29, 0.717) is 6.42 Å². The van der Waals surface area contributed by atoms with E-state index in [4.69, 9.17) is 9.84 Å². The van der Waals surface area contributed by atoms with Crippen molar-refractivity contribution in [2.24, 2.45) is 11.8 Å². The summed E-state index contributed by atoms with van der Waals surface area (Å²) in [5, 5.41) is 13.5. The largest absolute Gasteiger partial charge is 0.480 e. The highest BCUT2D eigenvalue weighted by molar-refractivity contribution is 5.85. The lowest BCUT2D eigenvalue weighted by Crippen LogP contribution is -2.41. The first kappa shape index (κ1) is 23.1. The van der Waals surface area contributed by atoms with Gasteiger partial charge in [-0.15, -0.1) is 0 Å². The number of nitrogens with one attached hydrogen (secondary N) is 2. The lowest BCUT2D eigenvalue weighted by Gasteiger charge is -2.17. The predicted molar refractivity (Wildman–Crippen MR) is 102 cm³/mol. The van der Waals surface area contributed by atoms with Crippen LogP contribution in [0, 0.1) is 11.8 Å². The van der Waals surface area contributed by atoms with E-state index in [-0.39, 0.29) is 12.5 Å². The van der Waals surface area contributed by atoms with Crippen LogP contribution >= 0.6 is 0 Å². The van der Waals surface area contributed by atoms with Gasteiger partial charge in [0.2, 0.25) is 5.91 Å². The highest BCUT2D eigenvalue weighted by atomic mass is 19.1. The third-order valence-electron chi connectivity index (χ3n) is 3.79. The molecule has 3 N–H and O–H groups in total. The Bertz CT molecular complexity index is 691. The van der Waals surface area contributed by atoms with Gasteiger partial charge in [0.05, 0.1) is 12.5 Å². The van der Waals surface area contributed by atoms with E-state index in [1.54, 1.807) is 12.1 Å². The molecule has 0 bridgehead atoms. The van der Waals surface area contributed by atoms with Gasteiger partial charge < -0.3 is 20.5 Å². The summed E-state index contributed by atoms with van der Waals surface area (Å²) in [5.41, 5.74) is 0.801. The number of ether oxygens (including phenoxy) is 1. The molecule has 1 aromatic carbocycles. The van der Waals surface area contributed by atoms with E-state index < -0.39 is 42.3 Å². The number of amides is 2. The lowest BCUT2D eigenvalue weighted by molar-refractivity contribution is -0.141. The topological polar surface area (TPSA) is 105 Å². The Hall–Kier alpha value is -2.90. The number of aliphatic carboxylic acids is 1. The van der Waals surface area contributed by atoms with Crippen LogP contribution in [0.1, 0.15) is 32.8 Å². The monoisotopic (exact) mass is 394 g/mol. The molecule has 0 radical (unpaired) electrons. The first-order valence-corrected chi connectivity index (χ1v) is 9.03. The molecule has 0 spiro atoms. The van der Waals surface area contributed by atoms with E-state index in [2.05, 4.69) is 10.6 Å². The second-order valence-electron chi connectivity index (χ2n) is 6.83. The predicted octanol–water partition coefficient (Wildman–Crippen LogP) is 3.02. The minimum absolute atomic E-state index is 0.0590. The van der Waals surface area contributed by atoms with Crippen molar-refractivity contribution in [2.75, 3.05) is 6.54 Å². The number of carboxylic acid groups (broad SMARTS) is 1. The molecule has 1 unspecified atom stereocenters. The van der Waals surface area contributed by atoms with Crippen molar-refractivity contribution >= 4 is 18.0 Å². The Labute approximate surface area is 164 Å². The summed E-state index contributed by atoms with van der Waals surface area (Å²) in [6.07, 6.45) is 0.655. The molecule has 0 aliphatic rings. The summed E-state index contributed by atoms with van der Waals surface area (Å²) >= 11 is 0. The van der Waals surface area contributed by atoms with Crippen molar-refractivity contribution < 1.29 is 28.6 Å². The molecular weight excluding hydrogens is 367 g/mol. The standard InChI is InChI=1S/C20H27FN2O5/c1-13(2)9-16(18(24)23-14(3)19(25)26)10-17(21)11-22-20(27)28-12-15-7-5-4-6-8-15/h4-8,10,13-14,16H,9,11-12H2,1-3H3,(H,22,27)(H,23,24)(H,25,26)/b17-10-/t14?,16-/m1/s1. The van der Waals surface area contributed by atoms with Crippen LogP contribution in [0.2, 0.25) is 0 Å². The molecule has 0 aliphatic heterocycles. The van der Waals surface area contributed by atoms with E-state index in [9.17, 15) is 18.8 Å². The SMILES string of the molecule is CC(C)C[C@H](/C=C(\F)CNC(=O)OCc1ccccc1)C(=O)NC(C)C(=O)O. The Balaban J connectivity index is 2.58. The van der Waals surface area contributed by atoms with Crippen LogP contribution in [0.5, 0.6) is 0 Å². The Morgan fingerprint density at radius 2 is 1.82 bits per heavy atom. The molecule has 28 heavy (non-hydrogen) atoms. The Morgan fingerprint density at radius 3 is 2.39 bits per heavy atom. The summed E-state index contributed by atoms with van der Waals surface area (Å²) in [6, 6.07) is 7.96. The van der Waals surface area contributed by atoms with Crippen molar-refractivity contribution in [1.82, 2.24) is 10.6 Å². The lowest BCUT2D eigenvalue weighted by atomic mass is 9.95. The van der Waals surface area contributed by atoms with Crippen LogP contribution in [0.25, 0.3) is 0 Å². The van der Waals surface area contributed by atoms with E-state index in [0.717, 1.165) is 11.6 Å². The van der Waals surface area contributed by atoms with Crippen molar-refractivity contribution in [1.29, 1.82) is 0 Å².